The van der Waals surface area contributed by atoms with Crippen LogP contribution >= 0.6 is 0 Å². The first-order valence-electron chi connectivity index (χ1n) is 4.50. The molecule has 11 heavy (non-hydrogen) atoms. The maximum absolute atomic E-state index is 5.55. The lowest BCUT2D eigenvalue weighted by atomic mass is 10.2. The molecule has 0 aromatic carbocycles. The third-order valence-corrected chi connectivity index (χ3v) is 1.69. The molecule has 1 atom stereocenters. The predicted molar refractivity (Wildman–Crippen MR) is 49.2 cm³/mol. The molecule has 0 aromatic rings. The molecule has 1 unspecified atom stereocenters. The van der Waals surface area contributed by atoms with Gasteiger partial charge in [0.2, 0.25) is 0 Å². The molecule has 3 heteroatoms. The van der Waals surface area contributed by atoms with Crippen molar-refractivity contribution in [3.05, 3.63) is 0 Å². The van der Waals surface area contributed by atoms with E-state index < -0.39 is 0 Å². The van der Waals surface area contributed by atoms with Crippen molar-refractivity contribution in [1.82, 2.24) is 5.32 Å². The number of hydrogen-bond acceptors (Lipinski definition) is 3. The maximum Gasteiger partial charge on any atom is 0.0672 e. The fourth-order valence-corrected chi connectivity index (χ4v) is 0.923. The maximum atomic E-state index is 5.55. The van der Waals surface area contributed by atoms with Gasteiger partial charge in [0.25, 0.3) is 0 Å². The summed E-state index contributed by atoms with van der Waals surface area (Å²) in [6, 6.07) is 0. The molecule has 68 valence electrons. The summed E-state index contributed by atoms with van der Waals surface area (Å²) in [6.45, 7) is 3.73. The normalized spacial score (nSPS) is 13.4. The van der Waals surface area contributed by atoms with Crippen molar-refractivity contribution in [3.63, 3.8) is 0 Å². The van der Waals surface area contributed by atoms with Gasteiger partial charge in [0.15, 0.2) is 0 Å². The van der Waals surface area contributed by atoms with Gasteiger partial charge in [-0.2, -0.15) is 0 Å². The van der Waals surface area contributed by atoms with Gasteiger partial charge >= 0.3 is 0 Å². The Kier molecular flexibility index (Phi) is 7.89. The van der Waals surface area contributed by atoms with Crippen LogP contribution in [0.3, 0.4) is 0 Å². The zero-order valence-electron chi connectivity index (χ0n) is 7.47. The van der Waals surface area contributed by atoms with Crippen molar-refractivity contribution >= 4 is 0 Å². The van der Waals surface area contributed by atoms with Crippen LogP contribution in [0.5, 0.6) is 0 Å². The number of hydrogen-bond donors (Lipinski definition) is 3. The van der Waals surface area contributed by atoms with Crippen molar-refractivity contribution < 1.29 is 0 Å². The highest BCUT2D eigenvalue weighted by Crippen LogP contribution is 1.96. The number of nitrogens with one attached hydrogen (secondary N) is 1. The lowest BCUT2D eigenvalue weighted by Crippen LogP contribution is -2.43. The van der Waals surface area contributed by atoms with Crippen LogP contribution in [0, 0.1) is 0 Å². The second-order valence-electron chi connectivity index (χ2n) is 2.86. The number of rotatable bonds is 7. The fraction of sp³-hybridized carbons (Fsp3) is 1.00. The van der Waals surface area contributed by atoms with Crippen LogP contribution in [0.2, 0.25) is 0 Å². The lowest BCUT2D eigenvalue weighted by Gasteiger charge is -2.10. The predicted octanol–water partition coefficient (Wildman–Crippen LogP) is 0.400. The highest BCUT2D eigenvalue weighted by molar-refractivity contribution is 4.58. The lowest BCUT2D eigenvalue weighted by molar-refractivity contribution is 0.510. The first-order valence-corrected chi connectivity index (χ1v) is 4.50. The topological polar surface area (TPSA) is 64.1 Å². The summed E-state index contributed by atoms with van der Waals surface area (Å²) in [5.41, 5.74) is 10.9. The van der Waals surface area contributed by atoms with E-state index in [9.17, 15) is 0 Å². The molecule has 0 amide bonds. The van der Waals surface area contributed by atoms with Gasteiger partial charge in [-0.15, -0.1) is 0 Å². The van der Waals surface area contributed by atoms with Gasteiger partial charge in [0, 0.05) is 6.54 Å². The SMILES string of the molecule is CCCCCCNC(N)CN. The molecule has 0 saturated heterocycles. The molecular weight excluding hydrogens is 138 g/mol. The van der Waals surface area contributed by atoms with Crippen LogP contribution in [0.4, 0.5) is 0 Å². The second kappa shape index (κ2) is 7.98. The summed E-state index contributed by atoms with van der Waals surface area (Å²) in [4.78, 5) is 0. The molecule has 0 aliphatic rings. The molecule has 0 rings (SSSR count). The third-order valence-electron chi connectivity index (χ3n) is 1.69. The minimum absolute atomic E-state index is 0.0170. The minimum Gasteiger partial charge on any atom is -0.328 e. The summed E-state index contributed by atoms with van der Waals surface area (Å²) >= 11 is 0. The molecule has 3 nitrogen and oxygen atoms in total. The largest absolute Gasteiger partial charge is 0.328 e. The van der Waals surface area contributed by atoms with E-state index in [1.165, 1.54) is 25.7 Å². The van der Waals surface area contributed by atoms with Crippen LogP contribution in [-0.4, -0.2) is 19.3 Å². The van der Waals surface area contributed by atoms with E-state index in [1.807, 2.05) is 0 Å². The highest BCUT2D eigenvalue weighted by Gasteiger charge is 1.95. The van der Waals surface area contributed by atoms with Gasteiger partial charge in [-0.05, 0) is 13.0 Å². The van der Waals surface area contributed by atoms with Crippen molar-refractivity contribution in [2.45, 2.75) is 38.8 Å². The fourth-order valence-electron chi connectivity index (χ4n) is 0.923. The van der Waals surface area contributed by atoms with Crippen molar-refractivity contribution in [3.8, 4) is 0 Å². The second-order valence-corrected chi connectivity index (χ2v) is 2.86. The summed E-state index contributed by atoms with van der Waals surface area (Å²) in [7, 11) is 0. The van der Waals surface area contributed by atoms with Crippen LogP contribution in [-0.2, 0) is 0 Å². The summed E-state index contributed by atoms with van der Waals surface area (Å²) in [6.07, 6.45) is 5.08. The van der Waals surface area contributed by atoms with E-state index in [1.54, 1.807) is 0 Å². The van der Waals surface area contributed by atoms with E-state index in [-0.39, 0.29) is 6.17 Å². The van der Waals surface area contributed by atoms with Gasteiger partial charge in [0.1, 0.15) is 0 Å². The third kappa shape index (κ3) is 7.78. The van der Waals surface area contributed by atoms with Crippen LogP contribution < -0.4 is 16.8 Å². The first-order chi connectivity index (χ1) is 5.31. The summed E-state index contributed by atoms with van der Waals surface area (Å²) in [5.74, 6) is 0. The molecule has 0 spiro atoms. The van der Waals surface area contributed by atoms with Gasteiger partial charge in [-0.25, -0.2) is 0 Å². The van der Waals surface area contributed by atoms with Gasteiger partial charge in [-0.3, -0.25) is 0 Å². The molecule has 0 fully saturated rings. The Labute approximate surface area is 69.5 Å². The monoisotopic (exact) mass is 159 g/mol. The van der Waals surface area contributed by atoms with E-state index in [0.717, 1.165) is 6.54 Å². The van der Waals surface area contributed by atoms with E-state index in [2.05, 4.69) is 12.2 Å². The van der Waals surface area contributed by atoms with Crippen molar-refractivity contribution in [1.29, 1.82) is 0 Å². The Morgan fingerprint density at radius 2 is 2.00 bits per heavy atom. The highest BCUT2D eigenvalue weighted by atomic mass is 15.0. The summed E-state index contributed by atoms with van der Waals surface area (Å²) in [5, 5.41) is 3.14. The van der Waals surface area contributed by atoms with Crippen LogP contribution in [0.1, 0.15) is 32.6 Å². The number of unbranched alkanes of at least 4 members (excludes halogenated alkanes) is 3. The Morgan fingerprint density at radius 1 is 1.27 bits per heavy atom. The van der Waals surface area contributed by atoms with Gasteiger partial charge in [-0.1, -0.05) is 26.2 Å². The molecule has 5 N–H and O–H groups in total. The van der Waals surface area contributed by atoms with E-state index in [4.69, 9.17) is 11.5 Å². The summed E-state index contributed by atoms with van der Waals surface area (Å²) < 4.78 is 0. The van der Waals surface area contributed by atoms with Gasteiger partial charge in [0.05, 0.1) is 6.17 Å². The Morgan fingerprint density at radius 3 is 2.55 bits per heavy atom. The van der Waals surface area contributed by atoms with E-state index >= 15 is 0 Å². The average Bonchev–Trinajstić information content (AvgIpc) is 2.04. The Bertz CT molecular complexity index is 75.7. The molecule has 0 bridgehead atoms. The molecule has 0 saturated carbocycles. The Hall–Kier alpha value is -0.120. The quantitative estimate of drug-likeness (QED) is 0.372. The zero-order valence-corrected chi connectivity index (χ0v) is 7.47. The van der Waals surface area contributed by atoms with Gasteiger partial charge < -0.3 is 16.8 Å². The molecule has 0 aliphatic carbocycles. The van der Waals surface area contributed by atoms with E-state index in [0.29, 0.717) is 6.54 Å². The average molecular weight is 159 g/mol. The molecule has 0 aromatic heterocycles. The van der Waals surface area contributed by atoms with Crippen LogP contribution in [0.25, 0.3) is 0 Å². The molecule has 0 aliphatic heterocycles. The zero-order chi connectivity index (χ0) is 8.53. The molecule has 0 radical (unpaired) electrons. The first kappa shape index (κ1) is 10.9. The standard InChI is InChI=1S/C8H21N3/c1-2-3-4-5-6-11-8(10)7-9/h8,11H,2-7,9-10H2,1H3. The van der Waals surface area contributed by atoms with Crippen molar-refractivity contribution in [2.24, 2.45) is 11.5 Å². The minimum atomic E-state index is -0.0170. The Balaban J connectivity index is 2.89. The molecular formula is C8H21N3. The smallest absolute Gasteiger partial charge is 0.0672 e. The van der Waals surface area contributed by atoms with Crippen molar-refractivity contribution in [2.75, 3.05) is 13.1 Å². The molecule has 0 heterocycles. The van der Waals surface area contributed by atoms with Crippen LogP contribution in [0.15, 0.2) is 0 Å². The number of nitrogens with two attached hydrogens (primary N) is 2.